The van der Waals surface area contributed by atoms with Crippen molar-refractivity contribution in [3.63, 3.8) is 0 Å². The number of sulfonamides is 1. The van der Waals surface area contributed by atoms with Gasteiger partial charge in [0.15, 0.2) is 0 Å². The van der Waals surface area contributed by atoms with Gasteiger partial charge >= 0.3 is 0 Å². The molecule has 0 atom stereocenters. The number of hydrogen-bond acceptors (Lipinski definition) is 6. The van der Waals surface area contributed by atoms with E-state index in [2.05, 4.69) is 15.4 Å². The van der Waals surface area contributed by atoms with Crippen molar-refractivity contribution in [2.75, 3.05) is 18.4 Å². The number of carbonyl (C=O) groups excluding carboxylic acids is 2. The summed E-state index contributed by atoms with van der Waals surface area (Å²) in [5.74, 6) is 0.129. The number of anilines is 1. The van der Waals surface area contributed by atoms with Gasteiger partial charge in [-0.1, -0.05) is 30.3 Å². The quantitative estimate of drug-likeness (QED) is 0.419. The Kier molecular flexibility index (Phi) is 7.85. The van der Waals surface area contributed by atoms with Gasteiger partial charge in [-0.05, 0) is 46.8 Å². The summed E-state index contributed by atoms with van der Waals surface area (Å²) in [6.07, 6.45) is 0.0731. The van der Waals surface area contributed by atoms with Gasteiger partial charge in [-0.3, -0.25) is 14.3 Å². The summed E-state index contributed by atoms with van der Waals surface area (Å²) in [6, 6.07) is 17.0. The first-order valence-electron chi connectivity index (χ1n) is 9.67. The molecule has 0 saturated heterocycles. The zero-order chi connectivity index (χ0) is 23.0. The summed E-state index contributed by atoms with van der Waals surface area (Å²) < 4.78 is 32.3. The van der Waals surface area contributed by atoms with Crippen LogP contribution in [0.2, 0.25) is 0 Å². The van der Waals surface area contributed by atoms with Crippen molar-refractivity contribution in [2.45, 2.75) is 17.2 Å². The van der Waals surface area contributed by atoms with E-state index in [9.17, 15) is 18.0 Å². The fourth-order valence-corrected chi connectivity index (χ4v) is 4.80. The summed E-state index contributed by atoms with van der Waals surface area (Å²) in [6.45, 7) is 0.217. The Hall–Kier alpha value is -3.37. The second-order valence-corrected chi connectivity index (χ2v) is 9.67. The summed E-state index contributed by atoms with van der Waals surface area (Å²) >= 11 is 1.13. The molecule has 3 aromatic rings. The summed E-state index contributed by atoms with van der Waals surface area (Å²) in [4.78, 5) is 24.1. The molecule has 0 unspecified atom stereocenters. The second kappa shape index (κ2) is 10.8. The predicted molar refractivity (Wildman–Crippen MR) is 123 cm³/mol. The standard InChI is InChI=1S/C22H23N3O5S2/c1-30-19-10-6-17(7-11-19)14-23-21(27)15-24-20(26)13-16-4-8-18(9-5-16)25-32(28,29)22-3-2-12-31-22/h2-12,25H,13-15H2,1H3,(H,23,27)(H,24,26). The van der Waals surface area contributed by atoms with Crippen LogP contribution in [0.15, 0.2) is 70.3 Å². The van der Waals surface area contributed by atoms with E-state index in [0.717, 1.165) is 22.6 Å². The van der Waals surface area contributed by atoms with Crippen molar-refractivity contribution in [3.8, 4) is 5.75 Å². The molecule has 0 radical (unpaired) electrons. The highest BCUT2D eigenvalue weighted by Gasteiger charge is 2.15. The van der Waals surface area contributed by atoms with Crippen LogP contribution < -0.4 is 20.1 Å². The number of benzene rings is 2. The lowest BCUT2D eigenvalue weighted by Gasteiger charge is -2.09. The monoisotopic (exact) mass is 473 g/mol. The fraction of sp³-hybridized carbons (Fsp3) is 0.182. The van der Waals surface area contributed by atoms with Crippen LogP contribution in [-0.2, 0) is 32.6 Å². The number of nitrogens with one attached hydrogen (secondary N) is 3. The van der Waals surface area contributed by atoms with Gasteiger partial charge < -0.3 is 15.4 Å². The second-order valence-electron chi connectivity index (χ2n) is 6.81. The van der Waals surface area contributed by atoms with Gasteiger partial charge in [-0.15, -0.1) is 11.3 Å². The molecule has 0 fully saturated rings. The lowest BCUT2D eigenvalue weighted by molar-refractivity contribution is -0.125. The molecule has 1 heterocycles. The molecule has 3 N–H and O–H groups in total. The molecule has 0 saturated carbocycles. The van der Waals surface area contributed by atoms with E-state index >= 15 is 0 Å². The zero-order valence-electron chi connectivity index (χ0n) is 17.3. The van der Waals surface area contributed by atoms with Gasteiger partial charge in [0, 0.05) is 12.2 Å². The largest absolute Gasteiger partial charge is 0.497 e. The van der Waals surface area contributed by atoms with Crippen LogP contribution in [-0.4, -0.2) is 33.9 Å². The number of carbonyl (C=O) groups is 2. The maximum absolute atomic E-state index is 12.2. The van der Waals surface area contributed by atoms with E-state index in [4.69, 9.17) is 4.74 Å². The van der Waals surface area contributed by atoms with Crippen LogP contribution >= 0.6 is 11.3 Å². The van der Waals surface area contributed by atoms with Crippen LogP contribution in [0.3, 0.4) is 0 Å². The lowest BCUT2D eigenvalue weighted by Crippen LogP contribution is -2.37. The van der Waals surface area contributed by atoms with Crippen LogP contribution in [0.1, 0.15) is 11.1 Å². The number of amides is 2. The topological polar surface area (TPSA) is 114 Å². The summed E-state index contributed by atoms with van der Waals surface area (Å²) in [5, 5.41) is 7.00. The normalized spacial score (nSPS) is 10.9. The molecule has 3 rings (SSSR count). The fourth-order valence-electron chi connectivity index (χ4n) is 2.75. The molecule has 1 aromatic heterocycles. The molecule has 8 nitrogen and oxygen atoms in total. The summed E-state index contributed by atoms with van der Waals surface area (Å²) in [7, 11) is -2.03. The number of hydrogen-bond donors (Lipinski definition) is 3. The molecule has 168 valence electrons. The molecule has 0 aliphatic heterocycles. The molecule has 2 aromatic carbocycles. The third kappa shape index (κ3) is 6.82. The SMILES string of the molecule is COc1ccc(CNC(=O)CNC(=O)Cc2ccc(NS(=O)(=O)c3cccs3)cc2)cc1. The molecular formula is C22H23N3O5S2. The van der Waals surface area contributed by atoms with Crippen LogP contribution in [0, 0.1) is 0 Å². The average Bonchev–Trinajstić information content (AvgIpc) is 3.34. The third-order valence-electron chi connectivity index (χ3n) is 4.43. The van der Waals surface area contributed by atoms with Gasteiger partial charge in [0.1, 0.15) is 9.96 Å². The maximum Gasteiger partial charge on any atom is 0.271 e. The Balaban J connectivity index is 1.42. The molecule has 0 aliphatic carbocycles. The summed E-state index contributed by atoms with van der Waals surface area (Å²) in [5.41, 5.74) is 2.01. The van der Waals surface area contributed by atoms with Crippen molar-refractivity contribution in [2.24, 2.45) is 0 Å². The highest BCUT2D eigenvalue weighted by Crippen LogP contribution is 2.20. The zero-order valence-corrected chi connectivity index (χ0v) is 19.0. The highest BCUT2D eigenvalue weighted by atomic mass is 32.2. The van der Waals surface area contributed by atoms with Crippen molar-refractivity contribution >= 4 is 38.9 Å². The molecule has 2 amide bonds. The van der Waals surface area contributed by atoms with E-state index in [1.165, 1.54) is 6.07 Å². The maximum atomic E-state index is 12.2. The minimum atomic E-state index is -3.61. The van der Waals surface area contributed by atoms with E-state index in [1.54, 1.807) is 42.8 Å². The van der Waals surface area contributed by atoms with Gasteiger partial charge in [-0.25, -0.2) is 8.42 Å². The van der Waals surface area contributed by atoms with Crippen LogP contribution in [0.25, 0.3) is 0 Å². The molecule has 0 aliphatic rings. The highest BCUT2D eigenvalue weighted by molar-refractivity contribution is 7.94. The van der Waals surface area contributed by atoms with Crippen molar-refractivity contribution in [1.29, 1.82) is 0 Å². The van der Waals surface area contributed by atoms with E-state index in [0.29, 0.717) is 17.8 Å². The Morgan fingerprint density at radius 1 is 0.906 bits per heavy atom. The first-order valence-corrected chi connectivity index (χ1v) is 12.0. The Bertz CT molecular complexity index is 1140. The Morgan fingerprint density at radius 2 is 1.59 bits per heavy atom. The smallest absolute Gasteiger partial charge is 0.271 e. The van der Waals surface area contributed by atoms with Gasteiger partial charge in [-0.2, -0.15) is 0 Å². The predicted octanol–water partition coefficient (Wildman–Crippen LogP) is 2.53. The number of thiophene rings is 1. The number of methoxy groups -OCH3 is 1. The first kappa shape index (κ1) is 23.3. The average molecular weight is 474 g/mol. The Labute approximate surface area is 190 Å². The molecule has 0 bridgehead atoms. The molecule has 10 heteroatoms. The van der Waals surface area contributed by atoms with E-state index in [-0.39, 0.29) is 29.0 Å². The van der Waals surface area contributed by atoms with Gasteiger partial charge in [0.05, 0.1) is 20.1 Å². The van der Waals surface area contributed by atoms with E-state index in [1.807, 2.05) is 24.3 Å². The first-order chi connectivity index (χ1) is 15.4. The number of ether oxygens (including phenoxy) is 1. The number of rotatable bonds is 10. The van der Waals surface area contributed by atoms with Crippen molar-refractivity contribution in [1.82, 2.24) is 10.6 Å². The van der Waals surface area contributed by atoms with Crippen molar-refractivity contribution < 1.29 is 22.7 Å². The van der Waals surface area contributed by atoms with Crippen LogP contribution in [0.4, 0.5) is 5.69 Å². The van der Waals surface area contributed by atoms with Crippen LogP contribution in [0.5, 0.6) is 5.75 Å². The lowest BCUT2D eigenvalue weighted by atomic mass is 10.1. The molecular weight excluding hydrogens is 450 g/mol. The molecule has 0 spiro atoms. The minimum Gasteiger partial charge on any atom is -0.497 e. The Morgan fingerprint density at radius 3 is 2.22 bits per heavy atom. The third-order valence-corrected chi connectivity index (χ3v) is 7.20. The minimum absolute atomic E-state index is 0.0731. The van der Waals surface area contributed by atoms with Gasteiger partial charge in [0.2, 0.25) is 11.8 Å². The van der Waals surface area contributed by atoms with E-state index < -0.39 is 10.0 Å². The van der Waals surface area contributed by atoms with Gasteiger partial charge in [0.25, 0.3) is 10.0 Å². The molecule has 32 heavy (non-hydrogen) atoms. The van der Waals surface area contributed by atoms with Crippen molar-refractivity contribution in [3.05, 3.63) is 77.2 Å².